The van der Waals surface area contributed by atoms with Crippen LogP contribution < -0.4 is 10.1 Å². The molecular formula is C15H25NO2. The van der Waals surface area contributed by atoms with E-state index in [4.69, 9.17) is 9.47 Å². The lowest BCUT2D eigenvalue weighted by atomic mass is 10.2. The van der Waals surface area contributed by atoms with Crippen LogP contribution in [0, 0.1) is 5.92 Å². The van der Waals surface area contributed by atoms with Gasteiger partial charge in [-0.1, -0.05) is 26.0 Å². The van der Waals surface area contributed by atoms with E-state index < -0.39 is 0 Å². The number of nitrogens with one attached hydrogen (secondary N) is 1. The minimum Gasteiger partial charge on any atom is -0.491 e. The second-order valence-electron chi connectivity index (χ2n) is 5.03. The molecule has 0 bridgehead atoms. The van der Waals surface area contributed by atoms with Crippen molar-refractivity contribution in [2.75, 3.05) is 25.6 Å². The van der Waals surface area contributed by atoms with Gasteiger partial charge in [0.2, 0.25) is 0 Å². The largest absolute Gasteiger partial charge is 0.491 e. The van der Waals surface area contributed by atoms with Gasteiger partial charge in [-0.2, -0.15) is 0 Å². The van der Waals surface area contributed by atoms with Gasteiger partial charge >= 0.3 is 0 Å². The molecular weight excluding hydrogens is 226 g/mol. The van der Waals surface area contributed by atoms with Crippen LogP contribution in [0.1, 0.15) is 27.2 Å². The summed E-state index contributed by atoms with van der Waals surface area (Å²) in [6.07, 6.45) is 0.981. The van der Waals surface area contributed by atoms with Crippen LogP contribution in [-0.2, 0) is 4.74 Å². The van der Waals surface area contributed by atoms with Crippen molar-refractivity contribution in [3.8, 4) is 5.75 Å². The molecule has 0 amide bonds. The molecule has 0 aromatic heterocycles. The third-order valence-electron chi connectivity index (χ3n) is 2.62. The number of hydrogen-bond acceptors (Lipinski definition) is 3. The second-order valence-corrected chi connectivity index (χ2v) is 5.03. The van der Waals surface area contributed by atoms with Crippen molar-refractivity contribution in [1.29, 1.82) is 0 Å². The molecule has 0 fully saturated rings. The Balaban J connectivity index is 2.58. The number of anilines is 1. The quantitative estimate of drug-likeness (QED) is 0.766. The molecule has 102 valence electrons. The topological polar surface area (TPSA) is 30.5 Å². The van der Waals surface area contributed by atoms with Gasteiger partial charge in [-0.15, -0.1) is 0 Å². The minimum atomic E-state index is 0.369. The molecule has 0 aliphatic carbocycles. The zero-order chi connectivity index (χ0) is 13.4. The third-order valence-corrected chi connectivity index (χ3v) is 2.62. The van der Waals surface area contributed by atoms with E-state index >= 15 is 0 Å². The number of para-hydroxylation sites is 2. The summed E-state index contributed by atoms with van der Waals surface area (Å²) in [6.45, 7) is 7.96. The van der Waals surface area contributed by atoms with Gasteiger partial charge in [-0.25, -0.2) is 0 Å². The SMILES string of the molecule is COCCC(C)Nc1ccccc1OCC(C)C. The molecule has 0 saturated heterocycles. The normalized spacial score (nSPS) is 12.5. The Morgan fingerprint density at radius 1 is 1.17 bits per heavy atom. The standard InChI is InChI=1S/C15H25NO2/c1-12(2)11-18-15-8-6-5-7-14(15)16-13(3)9-10-17-4/h5-8,12-13,16H,9-11H2,1-4H3. The molecule has 3 heteroatoms. The first-order chi connectivity index (χ1) is 8.63. The Kier molecular flexibility index (Phi) is 6.58. The number of ether oxygens (including phenoxy) is 2. The minimum absolute atomic E-state index is 0.369. The summed E-state index contributed by atoms with van der Waals surface area (Å²) in [5, 5.41) is 3.46. The lowest BCUT2D eigenvalue weighted by molar-refractivity contribution is 0.191. The number of rotatable bonds is 8. The molecule has 0 heterocycles. The monoisotopic (exact) mass is 251 g/mol. The zero-order valence-electron chi connectivity index (χ0n) is 11.9. The van der Waals surface area contributed by atoms with E-state index in [0.29, 0.717) is 12.0 Å². The highest BCUT2D eigenvalue weighted by atomic mass is 16.5. The Hall–Kier alpha value is -1.22. The lowest BCUT2D eigenvalue weighted by Gasteiger charge is -2.18. The maximum Gasteiger partial charge on any atom is 0.142 e. The van der Waals surface area contributed by atoms with Crippen molar-refractivity contribution in [1.82, 2.24) is 0 Å². The highest BCUT2D eigenvalue weighted by molar-refractivity contribution is 5.56. The summed E-state index contributed by atoms with van der Waals surface area (Å²) in [6, 6.07) is 8.45. The molecule has 1 aromatic carbocycles. The molecule has 18 heavy (non-hydrogen) atoms. The summed E-state index contributed by atoms with van der Waals surface area (Å²) in [4.78, 5) is 0. The first-order valence-electron chi connectivity index (χ1n) is 6.60. The molecule has 0 aliphatic heterocycles. The van der Waals surface area contributed by atoms with Crippen LogP contribution in [0.4, 0.5) is 5.69 Å². The Bertz CT molecular complexity index is 339. The fraction of sp³-hybridized carbons (Fsp3) is 0.600. The highest BCUT2D eigenvalue weighted by Crippen LogP contribution is 2.25. The van der Waals surface area contributed by atoms with E-state index in [2.05, 4.69) is 32.2 Å². The molecule has 0 spiro atoms. The van der Waals surface area contributed by atoms with Gasteiger partial charge in [-0.3, -0.25) is 0 Å². The average Bonchev–Trinajstić information content (AvgIpc) is 2.35. The number of methoxy groups -OCH3 is 1. The van der Waals surface area contributed by atoms with Crippen LogP contribution in [0.5, 0.6) is 5.75 Å². The molecule has 3 nitrogen and oxygen atoms in total. The molecule has 1 aromatic rings. The maximum atomic E-state index is 5.81. The van der Waals surface area contributed by atoms with Crippen molar-refractivity contribution >= 4 is 5.69 Å². The fourth-order valence-corrected chi connectivity index (χ4v) is 1.60. The van der Waals surface area contributed by atoms with E-state index in [1.165, 1.54) is 0 Å². The van der Waals surface area contributed by atoms with E-state index in [9.17, 15) is 0 Å². The van der Waals surface area contributed by atoms with Crippen molar-refractivity contribution in [2.45, 2.75) is 33.2 Å². The highest BCUT2D eigenvalue weighted by Gasteiger charge is 2.07. The Morgan fingerprint density at radius 2 is 1.89 bits per heavy atom. The fourth-order valence-electron chi connectivity index (χ4n) is 1.60. The van der Waals surface area contributed by atoms with Gasteiger partial charge in [0.05, 0.1) is 12.3 Å². The summed E-state index contributed by atoms with van der Waals surface area (Å²) in [5.74, 6) is 1.46. The van der Waals surface area contributed by atoms with Gasteiger partial charge < -0.3 is 14.8 Å². The van der Waals surface area contributed by atoms with Crippen LogP contribution in [0.25, 0.3) is 0 Å². The number of hydrogen-bond donors (Lipinski definition) is 1. The zero-order valence-corrected chi connectivity index (χ0v) is 11.9. The van der Waals surface area contributed by atoms with Crippen molar-refractivity contribution in [3.63, 3.8) is 0 Å². The Labute approximate surface area is 110 Å². The molecule has 1 N–H and O–H groups in total. The lowest BCUT2D eigenvalue weighted by Crippen LogP contribution is -2.18. The summed E-state index contributed by atoms with van der Waals surface area (Å²) in [5.41, 5.74) is 1.06. The maximum absolute atomic E-state index is 5.81. The van der Waals surface area contributed by atoms with Gasteiger partial charge in [0, 0.05) is 19.8 Å². The molecule has 0 radical (unpaired) electrons. The van der Waals surface area contributed by atoms with Crippen molar-refractivity contribution in [2.24, 2.45) is 5.92 Å². The smallest absolute Gasteiger partial charge is 0.142 e. The van der Waals surface area contributed by atoms with E-state index in [1.54, 1.807) is 7.11 Å². The predicted molar refractivity (Wildman–Crippen MR) is 76.4 cm³/mol. The van der Waals surface area contributed by atoms with E-state index in [1.807, 2.05) is 18.2 Å². The van der Waals surface area contributed by atoms with E-state index in [-0.39, 0.29) is 0 Å². The molecule has 0 aliphatic rings. The van der Waals surface area contributed by atoms with Gasteiger partial charge in [-0.05, 0) is 31.4 Å². The first-order valence-corrected chi connectivity index (χ1v) is 6.60. The molecule has 1 rings (SSSR count). The molecule has 1 atom stereocenters. The van der Waals surface area contributed by atoms with Crippen LogP contribution in [0.2, 0.25) is 0 Å². The van der Waals surface area contributed by atoms with Crippen LogP contribution in [0.3, 0.4) is 0 Å². The third kappa shape index (κ3) is 5.41. The van der Waals surface area contributed by atoms with Gasteiger partial charge in [0.1, 0.15) is 5.75 Å². The number of benzene rings is 1. The first kappa shape index (κ1) is 14.8. The van der Waals surface area contributed by atoms with E-state index in [0.717, 1.165) is 31.1 Å². The van der Waals surface area contributed by atoms with Crippen molar-refractivity contribution < 1.29 is 9.47 Å². The Morgan fingerprint density at radius 3 is 2.56 bits per heavy atom. The van der Waals surface area contributed by atoms with Crippen molar-refractivity contribution in [3.05, 3.63) is 24.3 Å². The predicted octanol–water partition coefficient (Wildman–Crippen LogP) is 3.56. The average molecular weight is 251 g/mol. The van der Waals surface area contributed by atoms with Crippen LogP contribution in [0.15, 0.2) is 24.3 Å². The van der Waals surface area contributed by atoms with Crippen LogP contribution in [-0.4, -0.2) is 26.4 Å². The summed E-state index contributed by atoms with van der Waals surface area (Å²) >= 11 is 0. The van der Waals surface area contributed by atoms with Gasteiger partial charge in [0.15, 0.2) is 0 Å². The van der Waals surface area contributed by atoms with Crippen LogP contribution >= 0.6 is 0 Å². The molecule has 1 unspecified atom stereocenters. The summed E-state index contributed by atoms with van der Waals surface area (Å²) in [7, 11) is 1.73. The summed E-state index contributed by atoms with van der Waals surface area (Å²) < 4.78 is 10.9. The molecule has 0 saturated carbocycles. The van der Waals surface area contributed by atoms with Gasteiger partial charge in [0.25, 0.3) is 0 Å². The second kappa shape index (κ2) is 7.98.